The minimum Gasteiger partial charge on any atom is -0.489 e. The molecule has 1 aromatic carbocycles. The topological polar surface area (TPSA) is 226 Å². The van der Waals surface area contributed by atoms with Gasteiger partial charge in [0.1, 0.15) is 39.1 Å². The third kappa shape index (κ3) is 9.55. The van der Waals surface area contributed by atoms with E-state index >= 15 is 0 Å². The Bertz CT molecular complexity index is 2460. The molecule has 5 aromatic rings. The smallest absolute Gasteiger partial charge is 0.283 e. The van der Waals surface area contributed by atoms with Crippen LogP contribution in [0.25, 0.3) is 20.7 Å². The lowest BCUT2D eigenvalue weighted by Gasteiger charge is -2.18. The monoisotopic (exact) mass is 824 g/mol. The summed E-state index contributed by atoms with van der Waals surface area (Å²) in [7, 11) is 5.93. The highest BCUT2D eigenvalue weighted by Gasteiger charge is 2.25. The number of anilines is 2. The maximum absolute atomic E-state index is 12.8. The molecule has 0 aliphatic carbocycles. The van der Waals surface area contributed by atoms with Crippen LogP contribution in [0.4, 0.5) is 11.5 Å². The minimum absolute atomic E-state index is 0.0137. The quantitative estimate of drug-likeness (QED) is 0.189. The summed E-state index contributed by atoms with van der Waals surface area (Å²) in [4.78, 5) is 84.2. The number of sulfone groups is 1. The second-order valence-electron chi connectivity index (χ2n) is 13.2. The number of rotatable bonds is 11. The number of ether oxygens (including phenoxy) is 1. The van der Waals surface area contributed by atoms with Crippen LogP contribution in [0.3, 0.4) is 0 Å². The molecular weight excluding hydrogens is 785 g/mol. The van der Waals surface area contributed by atoms with E-state index in [1.54, 1.807) is 35.2 Å². The Hall–Kier alpha value is -5.74. The number of carbonyl (C=O) groups is 4. The molecule has 22 heteroatoms. The zero-order valence-electron chi connectivity index (χ0n) is 32.1. The summed E-state index contributed by atoms with van der Waals surface area (Å²) in [5.41, 5.74) is 3.38. The number of fused-ring (bicyclic) bond motifs is 3. The van der Waals surface area contributed by atoms with Crippen molar-refractivity contribution in [1.82, 2.24) is 49.5 Å². The normalized spacial score (nSPS) is 11.9. The molecule has 0 fully saturated rings. The van der Waals surface area contributed by atoms with E-state index in [4.69, 9.17) is 4.74 Å². The molecule has 0 saturated carbocycles. The summed E-state index contributed by atoms with van der Waals surface area (Å²) < 4.78 is 29.4. The summed E-state index contributed by atoms with van der Waals surface area (Å²) in [6.07, 6.45) is 5.37. The predicted octanol–water partition coefficient (Wildman–Crippen LogP) is 2.36. The average molecular weight is 825 g/mol. The Morgan fingerprint density at radius 2 is 1.34 bits per heavy atom. The van der Waals surface area contributed by atoms with Gasteiger partial charge in [0.25, 0.3) is 11.8 Å². The SMILES string of the molecule is CC(C)Oc1cc2c(cc1Nc1ncnc3sc(C(=O)N(C)CC(=O)N(C)C)nc13)C=NC2.CN(C)C(=O)CN(C)C(=O)c1nc2c(S(C)(=O)=O)ncnc2s1. The fraction of sp³-hybridized carbons (Fsp3) is 0.382. The van der Waals surface area contributed by atoms with Crippen molar-refractivity contribution in [3.63, 3.8) is 0 Å². The summed E-state index contributed by atoms with van der Waals surface area (Å²) >= 11 is 2.11. The van der Waals surface area contributed by atoms with E-state index < -0.39 is 15.7 Å². The highest BCUT2D eigenvalue weighted by atomic mass is 32.2. The van der Waals surface area contributed by atoms with Crippen LogP contribution in [0.1, 0.15) is 44.6 Å². The number of hydrogen-bond donors (Lipinski definition) is 1. The number of nitrogens with one attached hydrogen (secondary N) is 1. The van der Waals surface area contributed by atoms with Gasteiger partial charge in [-0.05, 0) is 37.1 Å². The van der Waals surface area contributed by atoms with Gasteiger partial charge in [-0.3, -0.25) is 24.2 Å². The fourth-order valence-corrected chi connectivity index (χ4v) is 7.51. The van der Waals surface area contributed by atoms with E-state index in [0.29, 0.717) is 33.3 Å². The van der Waals surface area contributed by atoms with E-state index in [9.17, 15) is 27.6 Å². The Morgan fingerprint density at radius 1 is 0.804 bits per heavy atom. The van der Waals surface area contributed by atoms with Crippen molar-refractivity contribution in [2.75, 3.05) is 66.9 Å². The highest BCUT2D eigenvalue weighted by molar-refractivity contribution is 7.90. The largest absolute Gasteiger partial charge is 0.489 e. The predicted molar refractivity (Wildman–Crippen MR) is 212 cm³/mol. The maximum Gasteiger partial charge on any atom is 0.283 e. The summed E-state index contributed by atoms with van der Waals surface area (Å²) in [5.74, 6) is -0.0924. The number of likely N-dealkylation sites (N-methyl/N-ethyl adjacent to an activating group) is 4. The molecular formula is C34H40N12O7S3. The van der Waals surface area contributed by atoms with Crippen molar-refractivity contribution in [3.8, 4) is 5.75 Å². The van der Waals surface area contributed by atoms with E-state index in [0.717, 1.165) is 52.1 Å². The first kappa shape index (κ1) is 41.4. The van der Waals surface area contributed by atoms with E-state index in [-0.39, 0.29) is 57.5 Å². The van der Waals surface area contributed by atoms with Gasteiger partial charge in [0, 0.05) is 54.8 Å². The molecule has 1 aliphatic heterocycles. The molecule has 0 unspecified atom stereocenters. The van der Waals surface area contributed by atoms with Gasteiger partial charge < -0.3 is 29.7 Å². The molecule has 56 heavy (non-hydrogen) atoms. The van der Waals surface area contributed by atoms with Crippen molar-refractivity contribution in [2.24, 2.45) is 4.99 Å². The molecule has 4 aromatic heterocycles. The number of aliphatic imine (C=N–C) groups is 1. The van der Waals surface area contributed by atoms with Crippen molar-refractivity contribution < 1.29 is 32.3 Å². The van der Waals surface area contributed by atoms with Crippen molar-refractivity contribution in [1.29, 1.82) is 0 Å². The molecule has 0 spiro atoms. The van der Waals surface area contributed by atoms with Gasteiger partial charge >= 0.3 is 0 Å². The number of benzene rings is 1. The zero-order chi connectivity index (χ0) is 41.1. The van der Waals surface area contributed by atoms with E-state index in [1.807, 2.05) is 32.2 Å². The summed E-state index contributed by atoms with van der Waals surface area (Å²) in [6.45, 7) is 4.42. The number of nitrogens with zero attached hydrogens (tertiary/aromatic N) is 11. The number of hydrogen-bond acceptors (Lipinski definition) is 17. The molecule has 4 amide bonds. The number of thiazole rings is 2. The van der Waals surface area contributed by atoms with Gasteiger partial charge in [-0.15, -0.1) is 0 Å². The van der Waals surface area contributed by atoms with Gasteiger partial charge in [-0.1, -0.05) is 22.7 Å². The van der Waals surface area contributed by atoms with Crippen LogP contribution in [0.15, 0.2) is 34.8 Å². The molecule has 19 nitrogen and oxygen atoms in total. The Morgan fingerprint density at radius 3 is 1.88 bits per heavy atom. The van der Waals surface area contributed by atoms with Gasteiger partial charge in [0.2, 0.25) is 11.8 Å². The Balaban J connectivity index is 0.000000229. The van der Waals surface area contributed by atoms with Gasteiger partial charge in [-0.25, -0.2) is 38.3 Å². The second kappa shape index (κ2) is 17.0. The zero-order valence-corrected chi connectivity index (χ0v) is 34.5. The average Bonchev–Trinajstić information content (AvgIpc) is 3.89. The molecule has 0 bridgehead atoms. The first-order valence-electron chi connectivity index (χ1n) is 16.8. The molecule has 0 radical (unpaired) electrons. The third-order valence-corrected chi connectivity index (χ3v) is 10.8. The van der Waals surface area contributed by atoms with E-state index in [2.05, 4.69) is 40.2 Å². The van der Waals surface area contributed by atoms with Crippen LogP contribution in [-0.4, -0.2) is 155 Å². The molecule has 1 aliphatic rings. The second-order valence-corrected chi connectivity index (χ2v) is 17.1. The molecule has 0 atom stereocenters. The van der Waals surface area contributed by atoms with Crippen molar-refractivity contribution >= 4 is 94.6 Å². The first-order chi connectivity index (χ1) is 26.3. The molecule has 1 N–H and O–H groups in total. The van der Waals surface area contributed by atoms with Crippen LogP contribution in [0.2, 0.25) is 0 Å². The number of carbonyl (C=O) groups excluding carboxylic acids is 4. The van der Waals surface area contributed by atoms with Crippen LogP contribution >= 0.6 is 22.7 Å². The standard InChI is InChI=1S/C22H25N7O3S.C12H15N5O4S2/c1-12(2)32-16-7-14-9-23-8-13(14)6-15(16)26-19-18-20(25-11-24-19)33-21(27-18)22(31)29(5)10-17(30)28(3)4;1-16(2)7(18)5-17(3)12(19)10-15-8-9(22-10)13-6-14-11(8)23(4,20)21/h6-8,11-12H,9-10H2,1-5H3,(H,24,25,26);6H,5H2,1-4H3. The van der Waals surface area contributed by atoms with Crippen LogP contribution in [0, 0.1) is 0 Å². The molecule has 0 saturated heterocycles. The maximum atomic E-state index is 12.8. The molecule has 5 heterocycles. The number of amides is 4. The lowest BCUT2D eigenvalue weighted by atomic mass is 10.1. The van der Waals surface area contributed by atoms with Crippen molar-refractivity contribution in [2.45, 2.75) is 31.5 Å². The summed E-state index contributed by atoms with van der Waals surface area (Å²) in [5, 5.41) is 3.38. The van der Waals surface area contributed by atoms with Gasteiger partial charge in [0.05, 0.1) is 31.4 Å². The summed E-state index contributed by atoms with van der Waals surface area (Å²) in [6, 6.07) is 3.95. The minimum atomic E-state index is -3.58. The highest BCUT2D eigenvalue weighted by Crippen LogP contribution is 2.35. The fourth-order valence-electron chi connectivity index (χ4n) is 4.91. The number of aromatic nitrogens is 6. The third-order valence-electron chi connectivity index (χ3n) is 7.86. The lowest BCUT2D eigenvalue weighted by molar-refractivity contribution is -0.129. The first-order valence-corrected chi connectivity index (χ1v) is 20.3. The van der Waals surface area contributed by atoms with Crippen LogP contribution in [0.5, 0.6) is 5.75 Å². The van der Waals surface area contributed by atoms with Crippen LogP contribution < -0.4 is 10.1 Å². The molecule has 6 rings (SSSR count). The Kier molecular flexibility index (Phi) is 12.5. The van der Waals surface area contributed by atoms with Gasteiger partial charge in [-0.2, -0.15) is 0 Å². The van der Waals surface area contributed by atoms with Crippen molar-refractivity contribution in [3.05, 3.63) is 45.9 Å². The molecule has 296 valence electrons. The Labute approximate surface area is 330 Å². The lowest BCUT2D eigenvalue weighted by Crippen LogP contribution is -2.37. The van der Waals surface area contributed by atoms with E-state index in [1.165, 1.54) is 33.0 Å². The van der Waals surface area contributed by atoms with Gasteiger partial charge in [0.15, 0.2) is 30.7 Å². The van der Waals surface area contributed by atoms with Crippen LogP contribution in [-0.2, 0) is 26.0 Å².